The molecule has 4 nitrogen and oxygen atoms in total. The Bertz CT molecular complexity index is 616. The van der Waals surface area contributed by atoms with Crippen LogP contribution in [-0.4, -0.2) is 34.0 Å². The van der Waals surface area contributed by atoms with Crippen LogP contribution in [0.15, 0.2) is 30.3 Å². The van der Waals surface area contributed by atoms with Crippen LogP contribution >= 0.6 is 0 Å². The molecule has 1 atom stereocenters. The maximum absolute atomic E-state index is 11.4. The second-order valence-electron chi connectivity index (χ2n) is 6.38. The first-order valence-electron chi connectivity index (χ1n) is 7.59. The summed E-state index contributed by atoms with van der Waals surface area (Å²) in [4.78, 5) is 17.2. The number of para-hydroxylation sites is 1. The molecule has 1 aromatic heterocycles. The fraction of sp³-hybridized carbons (Fsp3) is 0.471. The summed E-state index contributed by atoms with van der Waals surface area (Å²) in [6.07, 6.45) is 2.44. The van der Waals surface area contributed by atoms with Crippen molar-refractivity contribution in [3.05, 3.63) is 36.0 Å². The molecule has 1 fully saturated rings. The van der Waals surface area contributed by atoms with Gasteiger partial charge in [0.25, 0.3) is 0 Å². The molecule has 0 radical (unpaired) electrons. The Labute approximate surface area is 124 Å². The highest BCUT2D eigenvalue weighted by Gasteiger charge is 2.34. The molecule has 2 N–H and O–H groups in total. The smallest absolute Gasteiger partial charge is 0.309 e. The van der Waals surface area contributed by atoms with Gasteiger partial charge in [0.05, 0.1) is 5.41 Å². The predicted molar refractivity (Wildman–Crippen MR) is 83.2 cm³/mol. The van der Waals surface area contributed by atoms with Crippen LogP contribution in [0.3, 0.4) is 0 Å². The van der Waals surface area contributed by atoms with Crippen LogP contribution in [0.1, 0.15) is 31.9 Å². The molecule has 1 unspecified atom stereocenters. The molecule has 0 amide bonds. The van der Waals surface area contributed by atoms with Crippen LogP contribution in [0.2, 0.25) is 0 Å². The first-order chi connectivity index (χ1) is 10.1. The molecule has 1 aromatic carbocycles. The number of aliphatic carboxylic acids is 1. The standard InChI is InChI=1S/C17H22N2O2/c1-17(16(20)21)7-4-9-19(10-8-17)12-14-11-13-5-2-3-6-15(13)18-14/h2-3,5-6,11,18H,4,7-10,12H2,1H3,(H,20,21). The van der Waals surface area contributed by atoms with Crippen LogP contribution < -0.4 is 0 Å². The molecule has 2 heterocycles. The number of hydrogen-bond acceptors (Lipinski definition) is 2. The molecule has 1 aliphatic rings. The number of carboxylic acids is 1. The molecular formula is C17H22N2O2. The van der Waals surface area contributed by atoms with Crippen molar-refractivity contribution in [2.45, 2.75) is 32.7 Å². The van der Waals surface area contributed by atoms with Crippen LogP contribution in [0.25, 0.3) is 10.9 Å². The van der Waals surface area contributed by atoms with Crippen LogP contribution in [-0.2, 0) is 11.3 Å². The molecule has 2 aromatic rings. The summed E-state index contributed by atoms with van der Waals surface area (Å²) in [7, 11) is 0. The van der Waals surface area contributed by atoms with Crippen molar-refractivity contribution < 1.29 is 9.90 Å². The van der Waals surface area contributed by atoms with Crippen molar-refractivity contribution in [3.63, 3.8) is 0 Å². The van der Waals surface area contributed by atoms with Crippen LogP contribution in [0.4, 0.5) is 0 Å². The third-order valence-corrected chi connectivity index (χ3v) is 4.68. The average molecular weight is 286 g/mol. The van der Waals surface area contributed by atoms with Crippen molar-refractivity contribution in [3.8, 4) is 0 Å². The van der Waals surface area contributed by atoms with Gasteiger partial charge in [-0.2, -0.15) is 0 Å². The van der Waals surface area contributed by atoms with Crippen molar-refractivity contribution >= 4 is 16.9 Å². The Kier molecular flexibility index (Phi) is 3.72. The minimum atomic E-state index is -0.657. The number of hydrogen-bond donors (Lipinski definition) is 2. The van der Waals surface area contributed by atoms with E-state index < -0.39 is 11.4 Å². The maximum atomic E-state index is 11.4. The molecule has 112 valence electrons. The number of fused-ring (bicyclic) bond motifs is 1. The van der Waals surface area contributed by atoms with Gasteiger partial charge in [0.15, 0.2) is 0 Å². The Balaban J connectivity index is 1.69. The lowest BCUT2D eigenvalue weighted by Gasteiger charge is -2.23. The van der Waals surface area contributed by atoms with Gasteiger partial charge in [0, 0.05) is 17.8 Å². The lowest BCUT2D eigenvalue weighted by Crippen LogP contribution is -2.30. The molecule has 0 saturated carbocycles. The Morgan fingerprint density at radius 3 is 2.90 bits per heavy atom. The molecule has 3 rings (SSSR count). The first-order valence-corrected chi connectivity index (χ1v) is 7.59. The molecule has 4 heteroatoms. The quantitative estimate of drug-likeness (QED) is 0.910. The largest absolute Gasteiger partial charge is 0.481 e. The van der Waals surface area contributed by atoms with Crippen molar-refractivity contribution in [1.29, 1.82) is 0 Å². The predicted octanol–water partition coefficient (Wildman–Crippen LogP) is 3.24. The van der Waals surface area contributed by atoms with Gasteiger partial charge in [-0.25, -0.2) is 0 Å². The van der Waals surface area contributed by atoms with E-state index in [0.717, 1.165) is 44.4 Å². The van der Waals surface area contributed by atoms with Gasteiger partial charge >= 0.3 is 5.97 Å². The average Bonchev–Trinajstić information content (AvgIpc) is 2.76. The van der Waals surface area contributed by atoms with E-state index in [1.807, 2.05) is 19.1 Å². The summed E-state index contributed by atoms with van der Waals surface area (Å²) in [5.41, 5.74) is 1.81. The minimum absolute atomic E-state index is 0.560. The Morgan fingerprint density at radius 2 is 2.14 bits per heavy atom. The summed E-state index contributed by atoms with van der Waals surface area (Å²) in [5.74, 6) is -0.657. The van der Waals surface area contributed by atoms with Gasteiger partial charge in [-0.1, -0.05) is 18.2 Å². The monoisotopic (exact) mass is 286 g/mol. The number of benzene rings is 1. The second kappa shape index (κ2) is 5.53. The summed E-state index contributed by atoms with van der Waals surface area (Å²) in [6.45, 7) is 4.56. The molecular weight excluding hydrogens is 264 g/mol. The van der Waals surface area contributed by atoms with Gasteiger partial charge in [0.2, 0.25) is 0 Å². The van der Waals surface area contributed by atoms with Gasteiger partial charge in [-0.05, 0) is 56.8 Å². The zero-order valence-electron chi connectivity index (χ0n) is 12.4. The topological polar surface area (TPSA) is 56.3 Å². The summed E-state index contributed by atoms with van der Waals surface area (Å²) in [5, 5.41) is 10.6. The number of rotatable bonds is 3. The van der Waals surface area contributed by atoms with Crippen LogP contribution in [0, 0.1) is 5.41 Å². The summed E-state index contributed by atoms with van der Waals surface area (Å²) < 4.78 is 0. The van der Waals surface area contributed by atoms with E-state index in [2.05, 4.69) is 28.1 Å². The number of aromatic nitrogens is 1. The summed E-state index contributed by atoms with van der Waals surface area (Å²) in [6, 6.07) is 10.5. The van der Waals surface area contributed by atoms with E-state index in [0.29, 0.717) is 0 Å². The van der Waals surface area contributed by atoms with Crippen molar-refractivity contribution in [2.24, 2.45) is 5.41 Å². The molecule has 21 heavy (non-hydrogen) atoms. The third kappa shape index (κ3) is 2.95. The highest BCUT2D eigenvalue weighted by atomic mass is 16.4. The number of aromatic amines is 1. The zero-order valence-corrected chi connectivity index (χ0v) is 12.4. The molecule has 0 spiro atoms. The van der Waals surface area contributed by atoms with Crippen molar-refractivity contribution in [1.82, 2.24) is 9.88 Å². The zero-order chi connectivity index (χ0) is 14.9. The molecule has 0 bridgehead atoms. The highest BCUT2D eigenvalue weighted by molar-refractivity contribution is 5.80. The van der Waals surface area contributed by atoms with E-state index >= 15 is 0 Å². The van der Waals surface area contributed by atoms with Gasteiger partial charge in [0.1, 0.15) is 0 Å². The Morgan fingerprint density at radius 1 is 1.33 bits per heavy atom. The highest BCUT2D eigenvalue weighted by Crippen LogP contribution is 2.31. The molecule has 0 aliphatic carbocycles. The van der Waals surface area contributed by atoms with E-state index in [4.69, 9.17) is 0 Å². The number of nitrogens with zero attached hydrogens (tertiary/aromatic N) is 1. The number of carboxylic acid groups (broad SMARTS) is 1. The number of likely N-dealkylation sites (tertiary alicyclic amines) is 1. The van der Waals surface area contributed by atoms with Gasteiger partial charge < -0.3 is 10.1 Å². The molecule has 1 saturated heterocycles. The lowest BCUT2D eigenvalue weighted by atomic mass is 9.83. The summed E-state index contributed by atoms with van der Waals surface area (Å²) >= 11 is 0. The third-order valence-electron chi connectivity index (χ3n) is 4.68. The Hall–Kier alpha value is -1.81. The van der Waals surface area contributed by atoms with E-state index in [1.54, 1.807) is 0 Å². The molecule has 1 aliphatic heterocycles. The number of H-pyrrole nitrogens is 1. The van der Waals surface area contributed by atoms with Crippen LogP contribution in [0.5, 0.6) is 0 Å². The minimum Gasteiger partial charge on any atom is -0.481 e. The fourth-order valence-corrected chi connectivity index (χ4v) is 3.17. The lowest BCUT2D eigenvalue weighted by molar-refractivity contribution is -0.148. The fourth-order valence-electron chi connectivity index (χ4n) is 3.17. The first kappa shape index (κ1) is 14.1. The second-order valence-corrected chi connectivity index (χ2v) is 6.38. The number of nitrogens with one attached hydrogen (secondary N) is 1. The van der Waals surface area contributed by atoms with Crippen molar-refractivity contribution in [2.75, 3.05) is 13.1 Å². The maximum Gasteiger partial charge on any atom is 0.309 e. The van der Waals surface area contributed by atoms with Gasteiger partial charge in [-0.15, -0.1) is 0 Å². The van der Waals surface area contributed by atoms with E-state index in [9.17, 15) is 9.90 Å². The number of carbonyl (C=O) groups is 1. The SMILES string of the molecule is CC1(C(=O)O)CCCN(Cc2cc3ccccc3[nH]2)CC1. The van der Waals surface area contributed by atoms with Gasteiger partial charge in [-0.3, -0.25) is 9.69 Å². The van der Waals surface area contributed by atoms with E-state index in [-0.39, 0.29) is 0 Å². The normalized spacial score (nSPS) is 24.0. The van der Waals surface area contributed by atoms with E-state index in [1.165, 1.54) is 11.1 Å².